The number of oxime groups is 1. The molecule has 0 fully saturated rings. The van der Waals surface area contributed by atoms with Gasteiger partial charge in [0.05, 0.1) is 11.6 Å². The van der Waals surface area contributed by atoms with Crippen LogP contribution >= 0.6 is 0 Å². The molecule has 0 saturated heterocycles. The lowest BCUT2D eigenvalue weighted by Gasteiger charge is -2.14. The van der Waals surface area contributed by atoms with Gasteiger partial charge >= 0.3 is 0 Å². The first kappa shape index (κ1) is 9.25. The van der Waals surface area contributed by atoms with Gasteiger partial charge in [-0.05, 0) is 26.3 Å². The molecule has 14 heavy (non-hydrogen) atoms. The van der Waals surface area contributed by atoms with E-state index in [1.54, 1.807) is 0 Å². The Kier molecular flexibility index (Phi) is 2.28. The fraction of sp³-hybridized carbons (Fsp3) is 0.417. The Hall–Kier alpha value is -1.31. The molecule has 2 unspecified atom stereocenters. The quantitative estimate of drug-likeness (QED) is 0.665. The Morgan fingerprint density at radius 2 is 1.79 bits per heavy atom. The van der Waals surface area contributed by atoms with E-state index >= 15 is 0 Å². The lowest BCUT2D eigenvalue weighted by Crippen LogP contribution is -2.16. The van der Waals surface area contributed by atoms with Crippen LogP contribution in [0.4, 0.5) is 0 Å². The Balaban J connectivity index is 2.30. The van der Waals surface area contributed by atoms with Crippen LogP contribution in [0.15, 0.2) is 29.4 Å². The van der Waals surface area contributed by atoms with Gasteiger partial charge < -0.3 is 4.84 Å². The zero-order valence-electron chi connectivity index (χ0n) is 8.82. The SMILES string of the molecule is CC1=NOC(C)C1c1ccc(C)cc1. The van der Waals surface area contributed by atoms with Gasteiger partial charge in [-0.25, -0.2) is 0 Å². The molecule has 0 bridgehead atoms. The van der Waals surface area contributed by atoms with Gasteiger partial charge in [-0.2, -0.15) is 0 Å². The second-order valence-electron chi connectivity index (χ2n) is 3.93. The lowest BCUT2D eigenvalue weighted by molar-refractivity contribution is 0.0905. The maximum Gasteiger partial charge on any atom is 0.136 e. The first-order valence-corrected chi connectivity index (χ1v) is 4.95. The highest BCUT2D eigenvalue weighted by molar-refractivity contribution is 5.90. The highest BCUT2D eigenvalue weighted by Crippen LogP contribution is 2.28. The van der Waals surface area contributed by atoms with Gasteiger partial charge in [-0.3, -0.25) is 0 Å². The topological polar surface area (TPSA) is 21.6 Å². The van der Waals surface area contributed by atoms with Gasteiger partial charge in [0.2, 0.25) is 0 Å². The van der Waals surface area contributed by atoms with Crippen LogP contribution in [0, 0.1) is 6.92 Å². The zero-order chi connectivity index (χ0) is 10.1. The van der Waals surface area contributed by atoms with E-state index in [-0.39, 0.29) is 6.10 Å². The van der Waals surface area contributed by atoms with Crippen molar-refractivity contribution in [2.45, 2.75) is 32.8 Å². The van der Waals surface area contributed by atoms with Gasteiger partial charge in [0.25, 0.3) is 0 Å². The molecule has 0 N–H and O–H groups in total. The molecule has 0 saturated carbocycles. The van der Waals surface area contributed by atoms with E-state index in [0.717, 1.165) is 5.71 Å². The van der Waals surface area contributed by atoms with Crippen molar-refractivity contribution >= 4 is 5.71 Å². The van der Waals surface area contributed by atoms with Crippen LogP contribution < -0.4 is 0 Å². The Labute approximate surface area is 84.6 Å². The normalized spacial score (nSPS) is 25.8. The molecule has 1 aliphatic rings. The molecule has 1 aromatic carbocycles. The smallest absolute Gasteiger partial charge is 0.136 e. The van der Waals surface area contributed by atoms with Crippen molar-refractivity contribution in [3.63, 3.8) is 0 Å². The number of nitrogens with zero attached hydrogens (tertiary/aromatic N) is 1. The molecule has 2 heteroatoms. The molecule has 2 nitrogen and oxygen atoms in total. The van der Waals surface area contributed by atoms with Crippen LogP contribution in [0.25, 0.3) is 0 Å². The van der Waals surface area contributed by atoms with Crippen LogP contribution in [0.1, 0.15) is 30.9 Å². The van der Waals surface area contributed by atoms with Crippen molar-refractivity contribution in [3.05, 3.63) is 35.4 Å². The summed E-state index contributed by atoms with van der Waals surface area (Å²) in [6, 6.07) is 8.58. The lowest BCUT2D eigenvalue weighted by atomic mass is 9.90. The number of hydrogen-bond acceptors (Lipinski definition) is 2. The Morgan fingerprint density at radius 3 is 2.29 bits per heavy atom. The van der Waals surface area contributed by atoms with E-state index < -0.39 is 0 Å². The van der Waals surface area contributed by atoms with Crippen molar-refractivity contribution < 1.29 is 4.84 Å². The summed E-state index contributed by atoms with van der Waals surface area (Å²) < 4.78 is 0. The van der Waals surface area contributed by atoms with E-state index in [4.69, 9.17) is 4.84 Å². The minimum absolute atomic E-state index is 0.165. The molecule has 74 valence electrons. The summed E-state index contributed by atoms with van der Waals surface area (Å²) >= 11 is 0. The molecule has 1 aromatic rings. The Bertz CT molecular complexity index is 353. The molecule has 0 amide bonds. The van der Waals surface area contributed by atoms with E-state index in [1.165, 1.54) is 11.1 Å². The predicted molar refractivity (Wildman–Crippen MR) is 57.6 cm³/mol. The van der Waals surface area contributed by atoms with Gasteiger partial charge in [0.1, 0.15) is 6.10 Å². The minimum Gasteiger partial charge on any atom is -0.392 e. The van der Waals surface area contributed by atoms with Crippen LogP contribution in [0.2, 0.25) is 0 Å². The molecule has 0 radical (unpaired) electrons. The van der Waals surface area contributed by atoms with Crippen molar-refractivity contribution in [2.24, 2.45) is 5.16 Å². The Morgan fingerprint density at radius 1 is 1.14 bits per heavy atom. The average molecular weight is 189 g/mol. The van der Waals surface area contributed by atoms with Crippen molar-refractivity contribution in [1.82, 2.24) is 0 Å². The summed E-state index contributed by atoms with van der Waals surface area (Å²) in [6.07, 6.45) is 0.165. The van der Waals surface area contributed by atoms with E-state index in [9.17, 15) is 0 Å². The van der Waals surface area contributed by atoms with Crippen LogP contribution in [0.3, 0.4) is 0 Å². The summed E-state index contributed by atoms with van der Waals surface area (Å²) in [5.41, 5.74) is 3.65. The van der Waals surface area contributed by atoms with E-state index in [1.807, 2.05) is 6.92 Å². The summed E-state index contributed by atoms with van der Waals surface area (Å²) in [4.78, 5) is 5.25. The maximum absolute atomic E-state index is 5.25. The zero-order valence-corrected chi connectivity index (χ0v) is 8.82. The number of hydrogen-bond donors (Lipinski definition) is 0. The molecule has 0 aromatic heterocycles. The summed E-state index contributed by atoms with van der Waals surface area (Å²) in [5, 5.41) is 4.01. The highest BCUT2D eigenvalue weighted by atomic mass is 16.6. The summed E-state index contributed by atoms with van der Waals surface area (Å²) in [5.74, 6) is 0.329. The third kappa shape index (κ3) is 1.52. The summed E-state index contributed by atoms with van der Waals surface area (Å²) in [6.45, 7) is 6.18. The van der Waals surface area contributed by atoms with Crippen molar-refractivity contribution in [1.29, 1.82) is 0 Å². The van der Waals surface area contributed by atoms with Crippen LogP contribution in [-0.2, 0) is 4.84 Å². The third-order valence-corrected chi connectivity index (χ3v) is 2.72. The minimum atomic E-state index is 0.165. The molecule has 2 rings (SSSR count). The maximum atomic E-state index is 5.25. The van der Waals surface area contributed by atoms with Gasteiger partial charge in [0, 0.05) is 0 Å². The molecular formula is C12H15NO. The first-order valence-electron chi connectivity index (χ1n) is 4.95. The van der Waals surface area contributed by atoms with Crippen LogP contribution in [-0.4, -0.2) is 11.8 Å². The van der Waals surface area contributed by atoms with Gasteiger partial charge in [-0.15, -0.1) is 0 Å². The van der Waals surface area contributed by atoms with E-state index in [2.05, 4.69) is 43.3 Å². The monoisotopic (exact) mass is 189 g/mol. The van der Waals surface area contributed by atoms with Crippen molar-refractivity contribution in [3.8, 4) is 0 Å². The average Bonchev–Trinajstić information content (AvgIpc) is 2.49. The fourth-order valence-electron chi connectivity index (χ4n) is 1.91. The number of aryl methyl sites for hydroxylation is 1. The molecule has 0 aliphatic carbocycles. The van der Waals surface area contributed by atoms with Crippen molar-refractivity contribution in [2.75, 3.05) is 0 Å². The molecule has 2 atom stereocenters. The standard InChI is InChI=1S/C12H15NO/c1-8-4-6-11(7-5-8)12-9(2)13-14-10(12)3/h4-7,10,12H,1-3H3. The fourth-order valence-corrected chi connectivity index (χ4v) is 1.91. The van der Waals surface area contributed by atoms with Crippen LogP contribution in [0.5, 0.6) is 0 Å². The number of benzene rings is 1. The third-order valence-electron chi connectivity index (χ3n) is 2.72. The second kappa shape index (κ2) is 3.45. The predicted octanol–water partition coefficient (Wildman–Crippen LogP) is 2.87. The van der Waals surface area contributed by atoms with Gasteiger partial charge in [-0.1, -0.05) is 35.0 Å². The molecule has 1 aliphatic heterocycles. The summed E-state index contributed by atoms with van der Waals surface area (Å²) in [7, 11) is 0. The first-order chi connectivity index (χ1) is 6.68. The van der Waals surface area contributed by atoms with E-state index in [0.29, 0.717) is 5.92 Å². The van der Waals surface area contributed by atoms with Gasteiger partial charge in [0.15, 0.2) is 0 Å². The molecule has 1 heterocycles. The molecular weight excluding hydrogens is 174 g/mol. The number of rotatable bonds is 1. The highest BCUT2D eigenvalue weighted by Gasteiger charge is 2.28. The largest absolute Gasteiger partial charge is 0.392 e. The molecule has 0 spiro atoms. The second-order valence-corrected chi connectivity index (χ2v) is 3.93.